The van der Waals surface area contributed by atoms with Gasteiger partial charge < -0.3 is 25.4 Å². The third-order valence-corrected chi connectivity index (χ3v) is 7.47. The zero-order valence-corrected chi connectivity index (χ0v) is 22.1. The number of aromatic nitrogens is 1. The molecule has 212 valence electrons. The van der Waals surface area contributed by atoms with E-state index in [-0.39, 0.29) is 29.6 Å². The van der Waals surface area contributed by atoms with Gasteiger partial charge in [0.05, 0.1) is 29.8 Å². The van der Waals surface area contributed by atoms with Gasteiger partial charge in [-0.1, -0.05) is 12.1 Å². The van der Waals surface area contributed by atoms with Gasteiger partial charge in [0.15, 0.2) is 0 Å². The zero-order valence-electron chi connectivity index (χ0n) is 22.1. The third-order valence-electron chi connectivity index (χ3n) is 7.47. The molecule has 1 aromatic heterocycles. The minimum Gasteiger partial charge on any atom is -0.381 e. The molecule has 2 fully saturated rings. The van der Waals surface area contributed by atoms with Gasteiger partial charge in [0, 0.05) is 56.8 Å². The number of carbonyl (C=O) groups excluding carboxylic acids is 1. The molecular formula is C30H33F3N4O3. The molecule has 0 bridgehead atoms. The second-order valence-electron chi connectivity index (χ2n) is 10.4. The molecule has 7 nitrogen and oxygen atoms in total. The van der Waals surface area contributed by atoms with E-state index in [0.29, 0.717) is 43.9 Å². The third kappa shape index (κ3) is 7.18. The van der Waals surface area contributed by atoms with Crippen molar-refractivity contribution in [2.24, 2.45) is 0 Å². The van der Waals surface area contributed by atoms with Crippen molar-refractivity contribution in [3.8, 4) is 0 Å². The Labute approximate surface area is 231 Å². The summed E-state index contributed by atoms with van der Waals surface area (Å²) in [5.74, 6) is -1.73. The van der Waals surface area contributed by atoms with Crippen molar-refractivity contribution in [2.75, 3.05) is 36.9 Å². The summed E-state index contributed by atoms with van der Waals surface area (Å²) in [4.78, 5) is 17.5. The average molecular weight is 555 g/mol. The normalized spacial score (nSPS) is 19.2. The highest BCUT2D eigenvalue weighted by Gasteiger charge is 2.38. The van der Waals surface area contributed by atoms with Crippen molar-refractivity contribution in [1.29, 1.82) is 0 Å². The average Bonchev–Trinajstić information content (AvgIpc) is 2.95. The van der Waals surface area contributed by atoms with Crippen LogP contribution in [0.5, 0.6) is 0 Å². The largest absolute Gasteiger partial charge is 0.381 e. The lowest BCUT2D eigenvalue weighted by Gasteiger charge is -2.44. The monoisotopic (exact) mass is 554 g/mol. The first-order valence-electron chi connectivity index (χ1n) is 13.6. The number of hydrogen-bond acceptors (Lipinski definition) is 6. The van der Waals surface area contributed by atoms with Crippen LogP contribution in [0.1, 0.15) is 30.4 Å². The fourth-order valence-electron chi connectivity index (χ4n) is 5.26. The van der Waals surface area contributed by atoms with Gasteiger partial charge >= 0.3 is 0 Å². The van der Waals surface area contributed by atoms with Crippen LogP contribution in [0.15, 0.2) is 60.9 Å². The number of anilines is 2. The van der Waals surface area contributed by atoms with Gasteiger partial charge in [-0.15, -0.1) is 0 Å². The second-order valence-corrected chi connectivity index (χ2v) is 10.4. The molecule has 0 unspecified atom stereocenters. The van der Waals surface area contributed by atoms with E-state index >= 15 is 0 Å². The van der Waals surface area contributed by atoms with Crippen LogP contribution < -0.4 is 16.0 Å². The quantitative estimate of drug-likeness (QED) is 0.358. The highest BCUT2D eigenvalue weighted by Crippen LogP contribution is 2.30. The Hall–Kier alpha value is -3.47. The molecule has 1 amide bonds. The van der Waals surface area contributed by atoms with Gasteiger partial charge in [-0.25, -0.2) is 13.2 Å². The number of morpholine rings is 1. The van der Waals surface area contributed by atoms with Crippen LogP contribution in [0.3, 0.4) is 0 Å². The molecule has 5 rings (SSSR count). The first-order chi connectivity index (χ1) is 19.4. The van der Waals surface area contributed by atoms with Gasteiger partial charge in [0.2, 0.25) is 5.91 Å². The van der Waals surface area contributed by atoms with Gasteiger partial charge in [0.25, 0.3) is 0 Å². The summed E-state index contributed by atoms with van der Waals surface area (Å²) < 4.78 is 53.8. The maximum atomic E-state index is 15.0. The SMILES string of the molecule is O=C(Nc1cncc(F)c1CC[C@@H]1CNCC2(CCOCC2)O1)[C@H](Cc1ccc(F)cc1)Nc1ccc(F)cc1. The van der Waals surface area contributed by atoms with Crippen LogP contribution in [0.4, 0.5) is 24.5 Å². The molecule has 3 aromatic rings. The summed E-state index contributed by atoms with van der Waals surface area (Å²) in [6.07, 6.45) is 5.23. The molecule has 2 atom stereocenters. The van der Waals surface area contributed by atoms with E-state index < -0.39 is 23.6 Å². The molecule has 3 heterocycles. The Balaban J connectivity index is 1.29. The molecule has 0 radical (unpaired) electrons. The number of amides is 1. The Kier molecular flexibility index (Phi) is 8.98. The van der Waals surface area contributed by atoms with Gasteiger partial charge in [-0.3, -0.25) is 9.78 Å². The summed E-state index contributed by atoms with van der Waals surface area (Å²) in [5.41, 5.74) is 1.62. The first kappa shape index (κ1) is 28.1. The maximum absolute atomic E-state index is 15.0. The predicted octanol–water partition coefficient (Wildman–Crippen LogP) is 4.63. The number of halogens is 3. The lowest BCUT2D eigenvalue weighted by Crippen LogP contribution is -2.56. The van der Waals surface area contributed by atoms with Gasteiger partial charge in [0.1, 0.15) is 23.5 Å². The fraction of sp³-hybridized carbons (Fsp3) is 0.400. The summed E-state index contributed by atoms with van der Waals surface area (Å²) in [5, 5.41) is 9.40. The summed E-state index contributed by atoms with van der Waals surface area (Å²) in [6, 6.07) is 10.7. The lowest BCUT2D eigenvalue weighted by atomic mass is 9.91. The molecule has 2 aliphatic rings. The van der Waals surface area contributed by atoms with Crippen LogP contribution >= 0.6 is 0 Å². The highest BCUT2D eigenvalue weighted by molar-refractivity contribution is 5.97. The predicted molar refractivity (Wildman–Crippen MR) is 146 cm³/mol. The standard InChI is InChI=1S/C30H33F3N4O3/c31-21-3-1-20(2-4-21)15-27(36-23-7-5-22(32)6-8-23)29(38)37-28-18-34-17-26(33)25(28)10-9-24-16-35-19-30(40-24)11-13-39-14-12-30/h1-8,17-18,24,27,35-36H,9-16,19H2,(H,37,38)/t24-,27+/m1/s1. The topological polar surface area (TPSA) is 84.5 Å². The smallest absolute Gasteiger partial charge is 0.247 e. The summed E-state index contributed by atoms with van der Waals surface area (Å²) >= 11 is 0. The molecule has 2 saturated heterocycles. The molecule has 0 aliphatic carbocycles. The Morgan fingerprint density at radius 1 is 1.02 bits per heavy atom. The summed E-state index contributed by atoms with van der Waals surface area (Å²) in [7, 11) is 0. The lowest BCUT2D eigenvalue weighted by molar-refractivity contribution is -0.160. The van der Waals surface area contributed by atoms with E-state index in [0.717, 1.165) is 31.1 Å². The molecule has 10 heteroatoms. The number of pyridine rings is 1. The number of rotatable bonds is 9. The van der Waals surface area contributed by atoms with Crippen LogP contribution in [0.2, 0.25) is 0 Å². The van der Waals surface area contributed by atoms with Crippen LogP contribution in [0, 0.1) is 17.5 Å². The van der Waals surface area contributed by atoms with E-state index in [4.69, 9.17) is 9.47 Å². The van der Waals surface area contributed by atoms with E-state index in [2.05, 4.69) is 20.9 Å². The van der Waals surface area contributed by atoms with E-state index in [1.165, 1.54) is 42.6 Å². The van der Waals surface area contributed by atoms with Crippen molar-refractivity contribution in [3.63, 3.8) is 0 Å². The second kappa shape index (κ2) is 12.8. The van der Waals surface area contributed by atoms with Crippen LogP contribution in [0.25, 0.3) is 0 Å². The first-order valence-corrected chi connectivity index (χ1v) is 13.6. The Morgan fingerprint density at radius 3 is 2.45 bits per heavy atom. The minimum atomic E-state index is -0.814. The highest BCUT2D eigenvalue weighted by atomic mass is 19.1. The maximum Gasteiger partial charge on any atom is 0.247 e. The van der Waals surface area contributed by atoms with Crippen LogP contribution in [-0.2, 0) is 27.1 Å². The minimum absolute atomic E-state index is 0.102. The Bertz CT molecular complexity index is 1230. The molecule has 3 N–H and O–H groups in total. The van der Waals surface area contributed by atoms with Crippen molar-refractivity contribution in [1.82, 2.24) is 10.3 Å². The number of nitrogens with zero attached hydrogens (tertiary/aromatic N) is 1. The number of nitrogens with one attached hydrogen (secondary N) is 3. The number of carbonyl (C=O) groups is 1. The number of benzene rings is 2. The van der Waals surface area contributed by atoms with Crippen molar-refractivity contribution < 1.29 is 27.4 Å². The van der Waals surface area contributed by atoms with Gasteiger partial charge in [-0.05, 0) is 54.8 Å². The van der Waals surface area contributed by atoms with Crippen molar-refractivity contribution in [3.05, 3.63) is 89.5 Å². The van der Waals surface area contributed by atoms with E-state index in [1.807, 2.05) is 0 Å². The molecule has 2 aliphatic heterocycles. The number of hydrogen-bond donors (Lipinski definition) is 3. The molecule has 40 heavy (non-hydrogen) atoms. The van der Waals surface area contributed by atoms with Crippen molar-refractivity contribution >= 4 is 17.3 Å². The van der Waals surface area contributed by atoms with E-state index in [9.17, 15) is 18.0 Å². The van der Waals surface area contributed by atoms with Crippen LogP contribution in [-0.4, -0.2) is 54.9 Å². The van der Waals surface area contributed by atoms with Crippen molar-refractivity contribution in [2.45, 2.75) is 49.9 Å². The zero-order chi connectivity index (χ0) is 28.0. The van der Waals surface area contributed by atoms with Gasteiger partial charge in [-0.2, -0.15) is 0 Å². The van der Waals surface area contributed by atoms with E-state index in [1.54, 1.807) is 12.1 Å². The molecule has 1 spiro atoms. The molecule has 0 saturated carbocycles. The Morgan fingerprint density at radius 2 is 1.73 bits per heavy atom. The molecular weight excluding hydrogens is 521 g/mol. The number of ether oxygens (including phenoxy) is 2. The summed E-state index contributed by atoms with van der Waals surface area (Å²) in [6.45, 7) is 2.76. The fourth-order valence-corrected chi connectivity index (χ4v) is 5.26. The molecule has 2 aromatic carbocycles.